The SMILES string of the molecule is Cc1cc(C)c(C)c(-c2c3sc4ccoc4c3nc[n+]2C)c1. The molecule has 0 aliphatic carbocycles. The van der Waals surface area contributed by atoms with Gasteiger partial charge < -0.3 is 4.42 Å². The Morgan fingerprint density at radius 1 is 1.18 bits per heavy atom. The number of aromatic nitrogens is 2. The fraction of sp³-hybridized carbons (Fsp3) is 0.222. The summed E-state index contributed by atoms with van der Waals surface area (Å²) in [6.07, 6.45) is 3.61. The van der Waals surface area contributed by atoms with Gasteiger partial charge in [0.2, 0.25) is 5.52 Å². The lowest BCUT2D eigenvalue weighted by Crippen LogP contribution is -2.31. The van der Waals surface area contributed by atoms with Crippen LogP contribution < -0.4 is 4.57 Å². The van der Waals surface area contributed by atoms with Crippen LogP contribution in [0.5, 0.6) is 0 Å². The Kier molecular flexibility index (Phi) is 2.84. The van der Waals surface area contributed by atoms with Gasteiger partial charge >= 0.3 is 0 Å². The van der Waals surface area contributed by atoms with Gasteiger partial charge in [0, 0.05) is 5.56 Å². The van der Waals surface area contributed by atoms with E-state index in [0.717, 1.165) is 15.8 Å². The zero-order chi connectivity index (χ0) is 15.4. The quantitative estimate of drug-likeness (QED) is 0.486. The summed E-state index contributed by atoms with van der Waals surface area (Å²) in [4.78, 5) is 4.58. The molecule has 0 spiro atoms. The average Bonchev–Trinajstić information content (AvgIpc) is 3.03. The average molecular weight is 309 g/mol. The monoisotopic (exact) mass is 309 g/mol. The third-order valence-electron chi connectivity index (χ3n) is 4.27. The predicted octanol–water partition coefficient (Wildman–Crippen LogP) is 4.46. The summed E-state index contributed by atoms with van der Waals surface area (Å²) in [5, 5.41) is 0. The maximum atomic E-state index is 5.62. The Bertz CT molecular complexity index is 1030. The van der Waals surface area contributed by atoms with Crippen LogP contribution in [0.2, 0.25) is 0 Å². The van der Waals surface area contributed by atoms with E-state index in [1.165, 1.54) is 32.6 Å². The molecule has 0 atom stereocenters. The lowest BCUT2D eigenvalue weighted by Gasteiger charge is -2.11. The maximum absolute atomic E-state index is 5.62. The molecule has 110 valence electrons. The van der Waals surface area contributed by atoms with E-state index in [0.29, 0.717) is 0 Å². The van der Waals surface area contributed by atoms with Crippen molar-refractivity contribution in [1.82, 2.24) is 4.98 Å². The Balaban J connectivity index is 2.16. The van der Waals surface area contributed by atoms with Crippen LogP contribution in [0.3, 0.4) is 0 Å². The van der Waals surface area contributed by atoms with Crippen molar-refractivity contribution >= 4 is 31.8 Å². The first kappa shape index (κ1) is 13.5. The number of fused-ring (bicyclic) bond motifs is 3. The highest BCUT2D eigenvalue weighted by Gasteiger charge is 2.23. The molecule has 0 amide bonds. The summed E-state index contributed by atoms with van der Waals surface area (Å²) >= 11 is 1.75. The van der Waals surface area contributed by atoms with E-state index in [4.69, 9.17) is 4.42 Å². The van der Waals surface area contributed by atoms with Gasteiger partial charge in [0.15, 0.2) is 11.3 Å². The molecule has 3 aromatic heterocycles. The molecule has 0 bridgehead atoms. The molecule has 0 aliphatic rings. The molecule has 0 saturated carbocycles. The van der Waals surface area contributed by atoms with Crippen LogP contribution >= 0.6 is 11.3 Å². The Hall–Kier alpha value is -2.20. The largest absolute Gasteiger partial charge is 0.459 e. The predicted molar refractivity (Wildman–Crippen MR) is 90.2 cm³/mol. The number of aryl methyl sites for hydroxylation is 3. The molecule has 1 aromatic carbocycles. The molecule has 0 unspecified atom stereocenters. The molecule has 0 fully saturated rings. The highest BCUT2D eigenvalue weighted by molar-refractivity contribution is 7.26. The Morgan fingerprint density at radius 3 is 2.82 bits per heavy atom. The highest BCUT2D eigenvalue weighted by atomic mass is 32.1. The van der Waals surface area contributed by atoms with Gasteiger partial charge in [0.1, 0.15) is 4.70 Å². The van der Waals surface area contributed by atoms with Crippen LogP contribution in [-0.4, -0.2) is 4.98 Å². The van der Waals surface area contributed by atoms with Crippen molar-refractivity contribution in [3.63, 3.8) is 0 Å². The van der Waals surface area contributed by atoms with Crippen molar-refractivity contribution in [3.05, 3.63) is 47.5 Å². The summed E-state index contributed by atoms with van der Waals surface area (Å²) in [5.74, 6) is 0. The van der Waals surface area contributed by atoms with Gasteiger partial charge in [-0.25, -0.2) is 4.57 Å². The van der Waals surface area contributed by atoms with Gasteiger partial charge in [-0.05, 0) is 49.0 Å². The number of thiophene rings is 1. The minimum atomic E-state index is 0.892. The summed E-state index contributed by atoms with van der Waals surface area (Å²) in [6, 6.07) is 6.51. The number of hydrogen-bond acceptors (Lipinski definition) is 3. The third kappa shape index (κ3) is 1.80. The molecular formula is C18H17N2OS+. The molecule has 0 radical (unpaired) electrons. The van der Waals surface area contributed by atoms with E-state index in [1.54, 1.807) is 17.6 Å². The molecule has 0 saturated heterocycles. The molecule has 3 heterocycles. The molecule has 3 nitrogen and oxygen atoms in total. The van der Waals surface area contributed by atoms with Crippen LogP contribution in [-0.2, 0) is 7.05 Å². The second kappa shape index (κ2) is 4.65. The van der Waals surface area contributed by atoms with E-state index in [2.05, 4.69) is 49.5 Å². The fourth-order valence-corrected chi connectivity index (χ4v) is 4.22. The van der Waals surface area contributed by atoms with Gasteiger partial charge in [0.25, 0.3) is 6.33 Å². The van der Waals surface area contributed by atoms with Gasteiger partial charge in [0.05, 0.1) is 18.0 Å². The van der Waals surface area contributed by atoms with Crippen molar-refractivity contribution in [3.8, 4) is 11.3 Å². The summed E-state index contributed by atoms with van der Waals surface area (Å²) in [6.45, 7) is 6.51. The van der Waals surface area contributed by atoms with Crippen LogP contribution in [0.4, 0.5) is 0 Å². The lowest BCUT2D eigenvalue weighted by atomic mass is 9.97. The van der Waals surface area contributed by atoms with Crippen molar-refractivity contribution < 1.29 is 8.98 Å². The number of furan rings is 1. The summed E-state index contributed by atoms with van der Waals surface area (Å²) in [5.41, 5.74) is 8.25. The van der Waals surface area contributed by atoms with Gasteiger partial charge in [-0.1, -0.05) is 11.6 Å². The number of hydrogen-bond donors (Lipinski definition) is 0. The number of rotatable bonds is 1. The van der Waals surface area contributed by atoms with Crippen molar-refractivity contribution in [2.24, 2.45) is 7.05 Å². The van der Waals surface area contributed by atoms with Crippen LogP contribution in [0.15, 0.2) is 35.2 Å². The highest BCUT2D eigenvalue weighted by Crippen LogP contribution is 2.38. The fourth-order valence-electron chi connectivity index (χ4n) is 3.05. The second-order valence-corrected chi connectivity index (χ2v) is 6.90. The van der Waals surface area contributed by atoms with Crippen molar-refractivity contribution in [2.45, 2.75) is 20.8 Å². The van der Waals surface area contributed by atoms with E-state index < -0.39 is 0 Å². The summed E-state index contributed by atoms with van der Waals surface area (Å²) < 4.78 is 10.1. The zero-order valence-corrected chi connectivity index (χ0v) is 13.9. The van der Waals surface area contributed by atoms with Crippen molar-refractivity contribution in [1.29, 1.82) is 0 Å². The molecule has 22 heavy (non-hydrogen) atoms. The van der Waals surface area contributed by atoms with E-state index in [-0.39, 0.29) is 0 Å². The Morgan fingerprint density at radius 2 is 2.00 bits per heavy atom. The van der Waals surface area contributed by atoms with Gasteiger partial charge in [-0.2, -0.15) is 0 Å². The van der Waals surface area contributed by atoms with E-state index >= 15 is 0 Å². The Labute approximate surface area is 132 Å². The molecule has 4 heteroatoms. The normalized spacial score (nSPS) is 11.6. The molecule has 4 rings (SSSR count). The van der Waals surface area contributed by atoms with Crippen LogP contribution in [0.25, 0.3) is 31.8 Å². The number of benzene rings is 1. The lowest BCUT2D eigenvalue weighted by molar-refractivity contribution is -0.662. The van der Waals surface area contributed by atoms with Crippen LogP contribution in [0.1, 0.15) is 16.7 Å². The van der Waals surface area contributed by atoms with Gasteiger partial charge in [-0.15, -0.1) is 11.3 Å². The van der Waals surface area contributed by atoms with Crippen LogP contribution in [0, 0.1) is 20.8 Å². The molecule has 0 N–H and O–H groups in total. The smallest absolute Gasteiger partial charge is 0.287 e. The maximum Gasteiger partial charge on any atom is 0.287 e. The molecular weight excluding hydrogens is 292 g/mol. The third-order valence-corrected chi connectivity index (χ3v) is 5.40. The topological polar surface area (TPSA) is 29.9 Å². The molecule has 0 aliphatic heterocycles. The molecule has 4 aromatic rings. The first-order valence-electron chi connectivity index (χ1n) is 7.29. The van der Waals surface area contributed by atoms with Crippen molar-refractivity contribution in [2.75, 3.05) is 0 Å². The first-order chi connectivity index (χ1) is 10.6. The second-order valence-electron chi connectivity index (χ2n) is 5.85. The zero-order valence-electron chi connectivity index (χ0n) is 13.1. The minimum absolute atomic E-state index is 0.892. The number of nitrogens with zero attached hydrogens (tertiary/aromatic N) is 2. The minimum Gasteiger partial charge on any atom is -0.459 e. The van der Waals surface area contributed by atoms with Gasteiger partial charge in [-0.3, -0.25) is 0 Å². The summed E-state index contributed by atoms with van der Waals surface area (Å²) in [7, 11) is 2.06. The van der Waals surface area contributed by atoms with E-state index in [9.17, 15) is 0 Å². The van der Waals surface area contributed by atoms with E-state index in [1.807, 2.05) is 12.4 Å². The first-order valence-corrected chi connectivity index (χ1v) is 8.10. The standard InChI is InChI=1S/C18H17N2OS/c1-10-7-11(2)12(3)13(8-10)16-18-15(19-9-20(16)4)17-14(22-18)5-6-21-17/h5-9H,1-4H3/q+1.